The van der Waals surface area contributed by atoms with Crippen LogP contribution in [0.5, 0.6) is 17.2 Å². The first-order valence-electron chi connectivity index (χ1n) is 9.81. The minimum atomic E-state index is -0.432. The van der Waals surface area contributed by atoms with Gasteiger partial charge in [-0.15, -0.1) is 5.10 Å². The molecule has 1 heterocycles. The van der Waals surface area contributed by atoms with Crippen molar-refractivity contribution in [1.29, 1.82) is 0 Å². The van der Waals surface area contributed by atoms with Crippen LogP contribution in [0.4, 0.5) is 0 Å². The van der Waals surface area contributed by atoms with Crippen molar-refractivity contribution in [2.75, 3.05) is 20.3 Å². The standard InChI is InChI=1S/C22H24ClN3O5S/c1-13-5-7-19(20(11-13)29-4)31-10-9-30-18-8-6-16(12-17(18)23)21-26(15(3)28)25-22(32-21)24-14(2)27/h5-8,11-12,21H,9-10H2,1-4H3,(H,24,25,27)/t21-/m0/s1. The molecule has 0 aromatic heterocycles. The van der Waals surface area contributed by atoms with Gasteiger partial charge in [0.1, 0.15) is 24.3 Å². The van der Waals surface area contributed by atoms with Crippen LogP contribution in [0, 0.1) is 6.92 Å². The highest BCUT2D eigenvalue weighted by Gasteiger charge is 2.32. The number of amidine groups is 1. The van der Waals surface area contributed by atoms with Crippen LogP contribution in [-0.2, 0) is 9.59 Å². The van der Waals surface area contributed by atoms with Gasteiger partial charge in [0.2, 0.25) is 11.8 Å². The van der Waals surface area contributed by atoms with Gasteiger partial charge in [-0.2, -0.15) is 0 Å². The number of methoxy groups -OCH3 is 1. The second kappa shape index (κ2) is 10.6. The van der Waals surface area contributed by atoms with E-state index in [1.54, 1.807) is 19.2 Å². The Morgan fingerprint density at radius 2 is 1.78 bits per heavy atom. The Balaban J connectivity index is 1.60. The summed E-state index contributed by atoms with van der Waals surface area (Å²) in [5, 5.41) is 8.42. The van der Waals surface area contributed by atoms with Crippen LogP contribution >= 0.6 is 23.4 Å². The first-order chi connectivity index (χ1) is 15.3. The zero-order valence-corrected chi connectivity index (χ0v) is 19.7. The summed E-state index contributed by atoms with van der Waals surface area (Å²) in [5.41, 5.74) is 1.84. The van der Waals surface area contributed by atoms with Gasteiger partial charge >= 0.3 is 0 Å². The zero-order valence-electron chi connectivity index (χ0n) is 18.2. The Morgan fingerprint density at radius 3 is 2.41 bits per heavy atom. The molecule has 0 saturated heterocycles. The highest BCUT2D eigenvalue weighted by molar-refractivity contribution is 8.14. The Hall–Kier alpha value is -2.91. The first-order valence-corrected chi connectivity index (χ1v) is 11.1. The molecule has 8 nitrogen and oxygen atoms in total. The van der Waals surface area contributed by atoms with E-state index in [2.05, 4.69) is 10.4 Å². The fourth-order valence-electron chi connectivity index (χ4n) is 2.96. The lowest BCUT2D eigenvalue weighted by molar-refractivity contribution is -0.129. The highest BCUT2D eigenvalue weighted by Crippen LogP contribution is 2.40. The molecule has 2 amide bonds. The number of rotatable bonds is 7. The summed E-state index contributed by atoms with van der Waals surface area (Å²) in [6.45, 7) is 5.37. The Labute approximate surface area is 195 Å². The quantitative estimate of drug-likeness (QED) is 0.603. The number of ether oxygens (including phenoxy) is 3. The number of carbonyl (C=O) groups excluding carboxylic acids is 2. The lowest BCUT2D eigenvalue weighted by atomic mass is 10.2. The minimum absolute atomic E-state index is 0.247. The number of carbonyl (C=O) groups is 2. The van der Waals surface area contributed by atoms with Gasteiger partial charge in [0, 0.05) is 13.8 Å². The first kappa shape index (κ1) is 23.7. The van der Waals surface area contributed by atoms with E-state index in [0.717, 1.165) is 11.1 Å². The monoisotopic (exact) mass is 477 g/mol. The molecule has 0 aliphatic carbocycles. The van der Waals surface area contributed by atoms with Crippen LogP contribution in [0.25, 0.3) is 0 Å². The Kier molecular flexibility index (Phi) is 7.87. The zero-order chi connectivity index (χ0) is 23.3. The lowest BCUT2D eigenvalue weighted by Gasteiger charge is -2.20. The molecule has 10 heteroatoms. The van der Waals surface area contributed by atoms with Crippen molar-refractivity contribution in [1.82, 2.24) is 10.3 Å². The smallest absolute Gasteiger partial charge is 0.241 e. The predicted octanol–water partition coefficient (Wildman–Crippen LogP) is 4.12. The summed E-state index contributed by atoms with van der Waals surface area (Å²) in [6, 6.07) is 11.0. The number of aryl methyl sites for hydroxylation is 1. The maximum Gasteiger partial charge on any atom is 0.241 e. The summed E-state index contributed by atoms with van der Waals surface area (Å²) in [6.07, 6.45) is 0. The van der Waals surface area contributed by atoms with E-state index in [1.807, 2.05) is 31.2 Å². The molecule has 1 aliphatic rings. The molecule has 1 aliphatic heterocycles. The minimum Gasteiger partial charge on any atom is -0.493 e. The molecule has 2 aromatic rings. The van der Waals surface area contributed by atoms with Crippen molar-refractivity contribution in [2.45, 2.75) is 26.1 Å². The number of amides is 2. The van der Waals surface area contributed by atoms with E-state index in [1.165, 1.54) is 30.6 Å². The van der Waals surface area contributed by atoms with Crippen molar-refractivity contribution in [3.05, 3.63) is 52.5 Å². The summed E-state index contributed by atoms with van der Waals surface area (Å²) >= 11 is 7.67. The number of nitrogens with zero attached hydrogens (tertiary/aromatic N) is 2. The Bertz CT molecular complexity index is 1050. The van der Waals surface area contributed by atoms with Gasteiger partial charge in [-0.25, -0.2) is 5.01 Å². The van der Waals surface area contributed by atoms with Crippen molar-refractivity contribution >= 4 is 40.3 Å². The fourth-order valence-corrected chi connectivity index (χ4v) is 4.34. The maximum absolute atomic E-state index is 12.0. The SMILES string of the molecule is COc1cc(C)ccc1OCCOc1ccc([C@@H]2SC(NC(C)=O)=NN2C(C)=O)cc1Cl. The number of hydrazone groups is 1. The van der Waals surface area contributed by atoms with Crippen molar-refractivity contribution < 1.29 is 23.8 Å². The molecule has 1 N–H and O–H groups in total. The molecule has 0 fully saturated rings. The normalized spacial score (nSPS) is 15.2. The number of halogens is 1. The molecule has 0 bridgehead atoms. The third kappa shape index (κ3) is 5.86. The molecule has 170 valence electrons. The van der Waals surface area contributed by atoms with Gasteiger partial charge in [-0.05, 0) is 42.3 Å². The Morgan fingerprint density at radius 1 is 1.09 bits per heavy atom. The fraction of sp³-hybridized carbons (Fsp3) is 0.318. The van der Waals surface area contributed by atoms with Gasteiger partial charge < -0.3 is 19.5 Å². The van der Waals surface area contributed by atoms with Crippen molar-refractivity contribution in [3.8, 4) is 17.2 Å². The summed E-state index contributed by atoms with van der Waals surface area (Å²) in [5.74, 6) is 1.30. The largest absolute Gasteiger partial charge is 0.493 e. The average molecular weight is 478 g/mol. The van der Waals surface area contributed by atoms with Gasteiger partial charge in [0.05, 0.1) is 12.1 Å². The topological polar surface area (TPSA) is 89.5 Å². The molecule has 3 rings (SSSR count). The van der Waals surface area contributed by atoms with Crippen molar-refractivity contribution in [2.24, 2.45) is 5.10 Å². The van der Waals surface area contributed by atoms with Gasteiger partial charge in [-0.1, -0.05) is 35.5 Å². The van der Waals surface area contributed by atoms with E-state index in [0.29, 0.717) is 34.0 Å². The summed E-state index contributed by atoms with van der Waals surface area (Å²) in [4.78, 5) is 23.3. The molecule has 1 atom stereocenters. The third-order valence-corrected chi connectivity index (χ3v) is 5.81. The van der Waals surface area contributed by atoms with E-state index < -0.39 is 5.37 Å². The van der Waals surface area contributed by atoms with Crippen molar-refractivity contribution in [3.63, 3.8) is 0 Å². The van der Waals surface area contributed by atoms with Crippen LogP contribution in [0.2, 0.25) is 5.02 Å². The van der Waals surface area contributed by atoms with Crippen LogP contribution in [0.3, 0.4) is 0 Å². The molecular formula is C22H24ClN3O5S. The van der Waals surface area contributed by atoms with E-state index in [-0.39, 0.29) is 18.4 Å². The summed E-state index contributed by atoms with van der Waals surface area (Å²) < 4.78 is 16.8. The molecule has 0 saturated carbocycles. The molecule has 0 unspecified atom stereocenters. The second-order valence-corrected chi connectivity index (χ2v) is 8.44. The van der Waals surface area contributed by atoms with Gasteiger partial charge in [0.15, 0.2) is 16.7 Å². The van der Waals surface area contributed by atoms with Crippen LogP contribution in [0.1, 0.15) is 30.3 Å². The predicted molar refractivity (Wildman–Crippen MR) is 124 cm³/mol. The van der Waals surface area contributed by atoms with Gasteiger partial charge in [0.25, 0.3) is 0 Å². The van der Waals surface area contributed by atoms with Crippen LogP contribution in [0.15, 0.2) is 41.5 Å². The summed E-state index contributed by atoms with van der Waals surface area (Å²) in [7, 11) is 1.60. The molecular weight excluding hydrogens is 454 g/mol. The second-order valence-electron chi connectivity index (χ2n) is 6.96. The molecule has 2 aromatic carbocycles. The van der Waals surface area contributed by atoms with Crippen LogP contribution in [-0.4, -0.2) is 42.3 Å². The molecule has 0 spiro atoms. The number of hydrogen-bond acceptors (Lipinski definition) is 7. The lowest BCUT2D eigenvalue weighted by Crippen LogP contribution is -2.25. The van der Waals surface area contributed by atoms with Crippen LogP contribution < -0.4 is 19.5 Å². The average Bonchev–Trinajstić information content (AvgIpc) is 3.16. The van der Waals surface area contributed by atoms with Gasteiger partial charge in [-0.3, -0.25) is 9.59 Å². The third-order valence-electron chi connectivity index (χ3n) is 4.41. The molecule has 32 heavy (non-hydrogen) atoms. The van der Waals surface area contributed by atoms with E-state index >= 15 is 0 Å². The van der Waals surface area contributed by atoms with E-state index in [4.69, 9.17) is 25.8 Å². The number of thioether (sulfide) groups is 1. The highest BCUT2D eigenvalue weighted by atomic mass is 35.5. The van der Waals surface area contributed by atoms with E-state index in [9.17, 15) is 9.59 Å². The maximum atomic E-state index is 12.0. The number of benzene rings is 2. The number of nitrogens with one attached hydrogen (secondary N) is 1. The number of hydrogen-bond donors (Lipinski definition) is 1. The molecule has 0 radical (unpaired) electrons.